The van der Waals surface area contributed by atoms with Crippen molar-refractivity contribution in [2.24, 2.45) is 11.8 Å². The lowest BCUT2D eigenvalue weighted by Crippen LogP contribution is -2.44. The van der Waals surface area contributed by atoms with Crippen molar-refractivity contribution in [1.82, 2.24) is 4.90 Å². The van der Waals surface area contributed by atoms with Crippen LogP contribution in [0.5, 0.6) is 0 Å². The van der Waals surface area contributed by atoms with E-state index in [0.29, 0.717) is 5.92 Å². The van der Waals surface area contributed by atoms with Gasteiger partial charge in [-0.15, -0.1) is 0 Å². The summed E-state index contributed by atoms with van der Waals surface area (Å²) in [6.45, 7) is 9.50. The van der Waals surface area contributed by atoms with Gasteiger partial charge < -0.3 is 14.5 Å². The molecule has 0 bridgehead atoms. The van der Waals surface area contributed by atoms with E-state index in [-0.39, 0.29) is 6.09 Å². The molecule has 0 unspecified atom stereocenters. The topological polar surface area (TPSA) is 49.9 Å². The molecule has 5 nitrogen and oxygen atoms in total. The molecule has 2 aliphatic rings. The minimum Gasteiger partial charge on any atom is -0.444 e. The van der Waals surface area contributed by atoms with Crippen molar-refractivity contribution in [3.63, 3.8) is 0 Å². The highest BCUT2D eigenvalue weighted by molar-refractivity contribution is 5.75. The predicted molar refractivity (Wildman–Crippen MR) is 107 cm³/mol. The van der Waals surface area contributed by atoms with Crippen LogP contribution in [0.2, 0.25) is 0 Å². The fraction of sp³-hybridized carbons (Fsp3) is 0.636. The number of amides is 1. The fourth-order valence-corrected chi connectivity index (χ4v) is 4.27. The van der Waals surface area contributed by atoms with Gasteiger partial charge in [-0.3, -0.25) is 4.79 Å². The van der Waals surface area contributed by atoms with Gasteiger partial charge in [-0.2, -0.15) is 0 Å². The maximum atomic E-state index is 12.2. The molecular weight excluding hydrogens is 340 g/mol. The van der Waals surface area contributed by atoms with Gasteiger partial charge in [0, 0.05) is 37.4 Å². The SMILES string of the molecule is CC(C)(C)OC(=O)N1CCC(C2CCN(c3ccc(C=O)cc3)CC2)CC1. The van der Waals surface area contributed by atoms with Gasteiger partial charge >= 0.3 is 6.09 Å². The van der Waals surface area contributed by atoms with E-state index < -0.39 is 5.60 Å². The van der Waals surface area contributed by atoms with Crippen LogP contribution >= 0.6 is 0 Å². The molecule has 2 fully saturated rings. The Morgan fingerprint density at radius 2 is 1.48 bits per heavy atom. The van der Waals surface area contributed by atoms with Gasteiger partial charge in [0.15, 0.2) is 0 Å². The Morgan fingerprint density at radius 1 is 0.963 bits per heavy atom. The van der Waals surface area contributed by atoms with Gasteiger partial charge in [0.2, 0.25) is 0 Å². The van der Waals surface area contributed by atoms with E-state index in [0.717, 1.165) is 56.8 Å². The normalized spacial score (nSPS) is 19.8. The fourth-order valence-electron chi connectivity index (χ4n) is 4.27. The highest BCUT2D eigenvalue weighted by atomic mass is 16.6. The molecule has 5 heteroatoms. The van der Waals surface area contributed by atoms with Gasteiger partial charge in [0.1, 0.15) is 11.9 Å². The van der Waals surface area contributed by atoms with Crippen LogP contribution in [-0.4, -0.2) is 49.1 Å². The number of piperidine rings is 2. The number of aldehydes is 1. The molecule has 0 radical (unpaired) electrons. The molecule has 2 aliphatic heterocycles. The highest BCUT2D eigenvalue weighted by Crippen LogP contribution is 2.34. The number of hydrogen-bond donors (Lipinski definition) is 0. The molecule has 0 aromatic heterocycles. The minimum absolute atomic E-state index is 0.172. The first-order chi connectivity index (χ1) is 12.9. The Morgan fingerprint density at radius 3 is 1.96 bits per heavy atom. The lowest BCUT2D eigenvalue weighted by atomic mass is 9.79. The van der Waals surface area contributed by atoms with Crippen molar-refractivity contribution < 1.29 is 14.3 Å². The molecular formula is C22H32N2O3. The number of nitrogens with zero attached hydrogens (tertiary/aromatic N) is 2. The lowest BCUT2D eigenvalue weighted by molar-refractivity contribution is 0.0152. The Labute approximate surface area is 162 Å². The van der Waals surface area contributed by atoms with Crippen LogP contribution in [0.1, 0.15) is 56.8 Å². The van der Waals surface area contributed by atoms with E-state index in [1.165, 1.54) is 18.5 Å². The Bertz CT molecular complexity index is 635. The molecule has 0 atom stereocenters. The van der Waals surface area contributed by atoms with Crippen LogP contribution in [0.15, 0.2) is 24.3 Å². The van der Waals surface area contributed by atoms with Crippen molar-refractivity contribution in [1.29, 1.82) is 0 Å². The zero-order chi connectivity index (χ0) is 19.4. The van der Waals surface area contributed by atoms with Crippen LogP contribution in [0, 0.1) is 11.8 Å². The summed E-state index contributed by atoms with van der Waals surface area (Å²) >= 11 is 0. The van der Waals surface area contributed by atoms with Gasteiger partial charge in [-0.25, -0.2) is 4.79 Å². The van der Waals surface area contributed by atoms with Gasteiger partial charge in [0.25, 0.3) is 0 Å². The van der Waals surface area contributed by atoms with E-state index >= 15 is 0 Å². The summed E-state index contributed by atoms with van der Waals surface area (Å²) in [6, 6.07) is 7.87. The van der Waals surface area contributed by atoms with Crippen molar-refractivity contribution in [2.45, 2.75) is 52.1 Å². The second kappa shape index (κ2) is 8.32. The first-order valence-electron chi connectivity index (χ1n) is 10.1. The number of anilines is 1. The number of likely N-dealkylation sites (tertiary alicyclic amines) is 1. The van der Waals surface area contributed by atoms with Gasteiger partial charge in [-0.1, -0.05) is 0 Å². The van der Waals surface area contributed by atoms with Crippen LogP contribution in [-0.2, 0) is 4.74 Å². The van der Waals surface area contributed by atoms with E-state index in [1.807, 2.05) is 49.9 Å². The Kier molecular flexibility index (Phi) is 6.08. The zero-order valence-electron chi connectivity index (χ0n) is 16.8. The van der Waals surface area contributed by atoms with E-state index in [1.54, 1.807) is 0 Å². The highest BCUT2D eigenvalue weighted by Gasteiger charge is 2.32. The van der Waals surface area contributed by atoms with E-state index in [4.69, 9.17) is 4.74 Å². The van der Waals surface area contributed by atoms with Gasteiger partial charge in [0.05, 0.1) is 0 Å². The Balaban J connectivity index is 1.45. The first kappa shape index (κ1) is 19.7. The molecule has 2 heterocycles. The molecule has 1 amide bonds. The smallest absolute Gasteiger partial charge is 0.410 e. The minimum atomic E-state index is -0.426. The van der Waals surface area contributed by atoms with Crippen molar-refractivity contribution in [2.75, 3.05) is 31.1 Å². The third-order valence-electron chi connectivity index (χ3n) is 5.79. The number of rotatable bonds is 3. The summed E-state index contributed by atoms with van der Waals surface area (Å²) in [5.41, 5.74) is 1.51. The van der Waals surface area contributed by atoms with Crippen molar-refractivity contribution >= 4 is 18.1 Å². The van der Waals surface area contributed by atoms with E-state index in [2.05, 4.69) is 4.90 Å². The second-order valence-corrected chi connectivity index (χ2v) is 8.84. The second-order valence-electron chi connectivity index (χ2n) is 8.84. The average molecular weight is 373 g/mol. The largest absolute Gasteiger partial charge is 0.444 e. The molecule has 27 heavy (non-hydrogen) atoms. The third-order valence-corrected chi connectivity index (χ3v) is 5.79. The quantitative estimate of drug-likeness (QED) is 0.740. The van der Waals surface area contributed by atoms with Crippen LogP contribution in [0.25, 0.3) is 0 Å². The predicted octanol–water partition coefficient (Wildman–Crippen LogP) is 4.36. The summed E-state index contributed by atoms with van der Waals surface area (Å²) in [4.78, 5) is 27.3. The third kappa shape index (κ3) is 5.24. The molecule has 148 valence electrons. The number of ether oxygens (including phenoxy) is 1. The summed E-state index contributed by atoms with van der Waals surface area (Å²) < 4.78 is 5.50. The monoisotopic (exact) mass is 372 g/mol. The molecule has 2 saturated heterocycles. The summed E-state index contributed by atoms with van der Waals surface area (Å²) in [6.07, 6.45) is 5.28. The molecule has 1 aromatic rings. The maximum Gasteiger partial charge on any atom is 0.410 e. The summed E-state index contributed by atoms with van der Waals surface area (Å²) in [5.74, 6) is 1.46. The average Bonchev–Trinajstić information content (AvgIpc) is 2.67. The molecule has 0 spiro atoms. The van der Waals surface area contributed by atoms with Crippen LogP contribution in [0.4, 0.5) is 10.5 Å². The van der Waals surface area contributed by atoms with E-state index in [9.17, 15) is 9.59 Å². The zero-order valence-corrected chi connectivity index (χ0v) is 16.8. The number of hydrogen-bond acceptors (Lipinski definition) is 4. The lowest BCUT2D eigenvalue weighted by Gasteiger charge is -2.41. The molecule has 0 aliphatic carbocycles. The standard InChI is InChI=1S/C22H32N2O3/c1-22(2,3)27-21(26)24-14-10-19(11-15-24)18-8-12-23(13-9-18)20-6-4-17(16-25)5-7-20/h4-7,16,18-19H,8-15H2,1-3H3. The molecule has 0 saturated carbocycles. The van der Waals surface area contributed by atoms with Crippen molar-refractivity contribution in [3.8, 4) is 0 Å². The van der Waals surface area contributed by atoms with Gasteiger partial charge in [-0.05, 0) is 82.6 Å². The van der Waals surface area contributed by atoms with Crippen molar-refractivity contribution in [3.05, 3.63) is 29.8 Å². The van der Waals surface area contributed by atoms with Crippen LogP contribution < -0.4 is 4.90 Å². The number of benzene rings is 1. The molecule has 0 N–H and O–H groups in total. The number of carbonyl (C=O) groups excluding carboxylic acids is 2. The van der Waals surface area contributed by atoms with Crippen LogP contribution in [0.3, 0.4) is 0 Å². The number of carbonyl (C=O) groups is 2. The molecule has 1 aromatic carbocycles. The maximum absolute atomic E-state index is 12.2. The summed E-state index contributed by atoms with van der Waals surface area (Å²) in [5, 5.41) is 0. The first-order valence-corrected chi connectivity index (χ1v) is 10.1. The summed E-state index contributed by atoms with van der Waals surface area (Å²) in [7, 11) is 0. The Hall–Kier alpha value is -2.04. The molecule has 3 rings (SSSR count).